The second kappa shape index (κ2) is 6.98. The highest BCUT2D eigenvalue weighted by molar-refractivity contribution is 5.94. The molecule has 0 spiro atoms. The van der Waals surface area contributed by atoms with Gasteiger partial charge in [-0.1, -0.05) is 37.5 Å². The van der Waals surface area contributed by atoms with E-state index in [9.17, 15) is 4.79 Å². The summed E-state index contributed by atoms with van der Waals surface area (Å²) in [6.45, 7) is 5.18. The van der Waals surface area contributed by atoms with Crippen molar-refractivity contribution < 1.29 is 4.79 Å². The summed E-state index contributed by atoms with van der Waals surface area (Å²) in [4.78, 5) is 12.5. The maximum atomic E-state index is 12.5. The molecule has 2 N–H and O–H groups in total. The Balaban J connectivity index is 1.63. The average molecular weight is 350 g/mol. The molecule has 1 fully saturated rings. The molecule has 4 rings (SSSR count). The van der Waals surface area contributed by atoms with Crippen LogP contribution in [0.1, 0.15) is 44.6 Å². The van der Waals surface area contributed by atoms with Crippen LogP contribution < -0.4 is 5.32 Å². The van der Waals surface area contributed by atoms with Crippen LogP contribution >= 0.6 is 0 Å². The first-order valence-electron chi connectivity index (χ1n) is 9.63. The molecule has 2 heterocycles. The Morgan fingerprint density at radius 1 is 1.27 bits per heavy atom. The van der Waals surface area contributed by atoms with E-state index in [1.165, 1.54) is 22.9 Å². The Hall–Kier alpha value is -2.56. The van der Waals surface area contributed by atoms with E-state index in [-0.39, 0.29) is 11.8 Å². The van der Waals surface area contributed by atoms with Crippen molar-refractivity contribution in [1.82, 2.24) is 14.8 Å². The van der Waals surface area contributed by atoms with Crippen LogP contribution in [0.25, 0.3) is 22.3 Å². The highest BCUT2D eigenvalue weighted by Gasteiger charge is 2.22. The molecule has 0 saturated heterocycles. The van der Waals surface area contributed by atoms with Gasteiger partial charge in [-0.15, -0.1) is 0 Å². The molecule has 2 aromatic heterocycles. The predicted molar refractivity (Wildman–Crippen MR) is 105 cm³/mol. The minimum atomic E-state index is 0.107. The molecule has 1 aromatic carbocycles. The van der Waals surface area contributed by atoms with E-state index in [0.29, 0.717) is 5.82 Å². The zero-order chi connectivity index (χ0) is 18.1. The Labute approximate surface area is 153 Å². The SMILES string of the molecule is CCn1c(-c2cc(NC(=O)C3CCCCC3)n[nH]2)c(C)c2ccccc21. The van der Waals surface area contributed by atoms with Crippen molar-refractivity contribution in [3.8, 4) is 11.4 Å². The van der Waals surface area contributed by atoms with E-state index in [2.05, 4.69) is 58.2 Å². The quantitative estimate of drug-likeness (QED) is 0.704. The van der Waals surface area contributed by atoms with E-state index in [1.807, 2.05) is 6.07 Å². The van der Waals surface area contributed by atoms with Crippen molar-refractivity contribution in [3.63, 3.8) is 0 Å². The Bertz CT molecular complexity index is 931. The number of aromatic amines is 1. The second-order valence-corrected chi connectivity index (χ2v) is 7.23. The predicted octanol–water partition coefficient (Wildman–Crippen LogP) is 4.88. The molecule has 0 atom stereocenters. The molecule has 136 valence electrons. The molecule has 1 aliphatic carbocycles. The number of nitrogens with zero attached hydrogens (tertiary/aromatic N) is 2. The third-order valence-electron chi connectivity index (χ3n) is 5.60. The van der Waals surface area contributed by atoms with Gasteiger partial charge in [0, 0.05) is 29.4 Å². The maximum Gasteiger partial charge on any atom is 0.228 e. The Morgan fingerprint density at radius 3 is 2.81 bits per heavy atom. The molecule has 0 radical (unpaired) electrons. The molecule has 0 bridgehead atoms. The number of H-pyrrole nitrogens is 1. The van der Waals surface area contributed by atoms with Gasteiger partial charge in [0.1, 0.15) is 0 Å². The number of aryl methyl sites for hydroxylation is 2. The number of benzene rings is 1. The molecule has 5 nitrogen and oxygen atoms in total. The average Bonchev–Trinajstić information content (AvgIpc) is 3.24. The molecule has 1 amide bonds. The largest absolute Gasteiger partial charge is 0.339 e. The van der Waals surface area contributed by atoms with Gasteiger partial charge in [-0.05, 0) is 38.3 Å². The van der Waals surface area contributed by atoms with Crippen LogP contribution in [0, 0.1) is 12.8 Å². The van der Waals surface area contributed by atoms with Crippen molar-refractivity contribution in [2.75, 3.05) is 5.32 Å². The lowest BCUT2D eigenvalue weighted by Gasteiger charge is -2.19. The van der Waals surface area contributed by atoms with Crippen molar-refractivity contribution in [3.05, 3.63) is 35.9 Å². The highest BCUT2D eigenvalue weighted by atomic mass is 16.1. The standard InChI is InChI=1S/C21H26N4O/c1-3-25-18-12-8-7-11-16(18)14(2)20(25)17-13-19(24-23-17)22-21(26)15-9-5-4-6-10-15/h7-8,11-13,15H,3-6,9-10H2,1-2H3,(H2,22,23,24,26). The third-order valence-corrected chi connectivity index (χ3v) is 5.60. The van der Waals surface area contributed by atoms with E-state index in [4.69, 9.17) is 0 Å². The minimum absolute atomic E-state index is 0.107. The number of anilines is 1. The van der Waals surface area contributed by atoms with Gasteiger partial charge in [0.25, 0.3) is 0 Å². The van der Waals surface area contributed by atoms with E-state index >= 15 is 0 Å². The van der Waals surface area contributed by atoms with Crippen molar-refractivity contribution in [2.45, 2.75) is 52.5 Å². The molecular formula is C21H26N4O. The number of amides is 1. The summed E-state index contributed by atoms with van der Waals surface area (Å²) in [6.07, 6.45) is 5.54. The summed E-state index contributed by atoms with van der Waals surface area (Å²) >= 11 is 0. The molecule has 1 saturated carbocycles. The summed E-state index contributed by atoms with van der Waals surface area (Å²) in [5.74, 6) is 0.853. The molecule has 0 aliphatic heterocycles. The number of aromatic nitrogens is 3. The van der Waals surface area contributed by atoms with E-state index in [0.717, 1.165) is 43.6 Å². The fourth-order valence-electron chi connectivity index (χ4n) is 4.25. The fourth-order valence-corrected chi connectivity index (χ4v) is 4.25. The second-order valence-electron chi connectivity index (χ2n) is 7.23. The Morgan fingerprint density at radius 2 is 2.04 bits per heavy atom. The van der Waals surface area contributed by atoms with Gasteiger partial charge < -0.3 is 9.88 Å². The molecule has 5 heteroatoms. The molecular weight excluding hydrogens is 324 g/mol. The Kier molecular flexibility index (Phi) is 4.53. The van der Waals surface area contributed by atoms with Crippen LogP contribution in [0.2, 0.25) is 0 Å². The maximum absolute atomic E-state index is 12.5. The number of rotatable bonds is 4. The van der Waals surface area contributed by atoms with Crippen LogP contribution in [-0.4, -0.2) is 20.7 Å². The first-order chi connectivity index (χ1) is 12.7. The van der Waals surface area contributed by atoms with Gasteiger partial charge in [-0.3, -0.25) is 9.89 Å². The molecule has 26 heavy (non-hydrogen) atoms. The van der Waals surface area contributed by atoms with Gasteiger partial charge in [-0.25, -0.2) is 0 Å². The van der Waals surface area contributed by atoms with Crippen LogP contribution in [0.4, 0.5) is 5.82 Å². The van der Waals surface area contributed by atoms with Crippen molar-refractivity contribution >= 4 is 22.6 Å². The number of hydrogen-bond donors (Lipinski definition) is 2. The van der Waals surface area contributed by atoms with Gasteiger partial charge in [0.2, 0.25) is 5.91 Å². The first kappa shape index (κ1) is 16.9. The lowest BCUT2D eigenvalue weighted by Crippen LogP contribution is -2.24. The minimum Gasteiger partial charge on any atom is -0.339 e. The molecule has 3 aromatic rings. The first-order valence-corrected chi connectivity index (χ1v) is 9.63. The number of para-hydroxylation sites is 1. The van der Waals surface area contributed by atoms with Crippen molar-refractivity contribution in [1.29, 1.82) is 0 Å². The van der Waals surface area contributed by atoms with Gasteiger partial charge in [0.15, 0.2) is 5.82 Å². The summed E-state index contributed by atoms with van der Waals surface area (Å²) in [6, 6.07) is 10.4. The zero-order valence-corrected chi connectivity index (χ0v) is 15.5. The zero-order valence-electron chi connectivity index (χ0n) is 15.5. The molecule has 0 unspecified atom stereocenters. The van der Waals surface area contributed by atoms with Gasteiger partial charge >= 0.3 is 0 Å². The number of hydrogen-bond acceptors (Lipinski definition) is 2. The third kappa shape index (κ3) is 2.91. The normalized spacial score (nSPS) is 15.5. The summed E-state index contributed by atoms with van der Waals surface area (Å²) < 4.78 is 2.30. The van der Waals surface area contributed by atoms with Crippen molar-refractivity contribution in [2.24, 2.45) is 5.92 Å². The fraction of sp³-hybridized carbons (Fsp3) is 0.429. The van der Waals surface area contributed by atoms with Gasteiger partial charge in [0.05, 0.1) is 11.4 Å². The highest BCUT2D eigenvalue weighted by Crippen LogP contribution is 2.33. The van der Waals surface area contributed by atoms with Crippen LogP contribution in [0.15, 0.2) is 30.3 Å². The monoisotopic (exact) mass is 350 g/mol. The topological polar surface area (TPSA) is 62.7 Å². The molecule has 1 aliphatic rings. The lowest BCUT2D eigenvalue weighted by atomic mass is 9.89. The van der Waals surface area contributed by atoms with Gasteiger partial charge in [-0.2, -0.15) is 5.10 Å². The number of nitrogens with one attached hydrogen (secondary N) is 2. The number of fused-ring (bicyclic) bond motifs is 1. The van der Waals surface area contributed by atoms with Crippen LogP contribution in [0.5, 0.6) is 0 Å². The smallest absolute Gasteiger partial charge is 0.228 e. The van der Waals surface area contributed by atoms with Crippen LogP contribution in [0.3, 0.4) is 0 Å². The number of carbonyl (C=O) groups is 1. The summed E-state index contributed by atoms with van der Waals surface area (Å²) in [5.41, 5.74) is 4.54. The summed E-state index contributed by atoms with van der Waals surface area (Å²) in [7, 11) is 0. The van der Waals surface area contributed by atoms with Crippen LogP contribution in [-0.2, 0) is 11.3 Å². The number of carbonyl (C=O) groups excluding carboxylic acids is 1. The van der Waals surface area contributed by atoms with E-state index in [1.54, 1.807) is 0 Å². The summed E-state index contributed by atoms with van der Waals surface area (Å²) in [5, 5.41) is 11.7. The lowest BCUT2D eigenvalue weighted by molar-refractivity contribution is -0.120. The van der Waals surface area contributed by atoms with E-state index < -0.39 is 0 Å².